The fraction of sp³-hybridized carbons (Fsp3) is 0.462. The smallest absolute Gasteiger partial charge is 0.158 e. The van der Waals surface area contributed by atoms with Gasteiger partial charge < -0.3 is 0 Å². The molecule has 0 heterocycles. The van der Waals surface area contributed by atoms with E-state index in [1.54, 1.807) is 0 Å². The van der Waals surface area contributed by atoms with Crippen LogP contribution in [-0.2, 0) is 4.79 Å². The van der Waals surface area contributed by atoms with Gasteiger partial charge in [-0.15, -0.1) is 11.6 Å². The van der Waals surface area contributed by atoms with Crippen molar-refractivity contribution in [2.24, 2.45) is 11.8 Å². The molecule has 15 heavy (non-hydrogen) atoms. The molecular formula is C13H17ClO. The first-order valence-corrected chi connectivity index (χ1v) is 5.70. The number of alkyl halides is 1. The zero-order valence-electron chi connectivity index (χ0n) is 9.41. The molecule has 1 rings (SSSR count). The molecule has 0 N–H and O–H groups in total. The van der Waals surface area contributed by atoms with Crippen molar-refractivity contribution in [1.29, 1.82) is 0 Å². The fourth-order valence-electron chi connectivity index (χ4n) is 1.35. The zero-order chi connectivity index (χ0) is 11.4. The van der Waals surface area contributed by atoms with E-state index in [2.05, 4.69) is 0 Å². The first-order valence-electron chi connectivity index (χ1n) is 5.26. The third-order valence-electron chi connectivity index (χ3n) is 2.79. The Hall–Kier alpha value is -0.820. The molecule has 0 amide bonds. The van der Waals surface area contributed by atoms with Gasteiger partial charge in [0.2, 0.25) is 0 Å². The maximum atomic E-state index is 12.0. The Balaban J connectivity index is 2.78. The Kier molecular flexibility index (Phi) is 4.34. The fourth-order valence-corrected chi connectivity index (χ4v) is 1.69. The van der Waals surface area contributed by atoms with Crippen molar-refractivity contribution < 1.29 is 4.79 Å². The number of rotatable bonds is 4. The maximum Gasteiger partial charge on any atom is 0.158 e. The molecule has 0 bridgehead atoms. The number of Topliss-reactive ketones (excluding diaryl/α,β-unsaturated/α-hetero) is 1. The van der Waals surface area contributed by atoms with Gasteiger partial charge in [-0.1, -0.05) is 51.1 Å². The van der Waals surface area contributed by atoms with Gasteiger partial charge in [0, 0.05) is 5.92 Å². The van der Waals surface area contributed by atoms with E-state index in [-0.39, 0.29) is 11.7 Å². The standard InChI is InChI=1S/C13H17ClO/c1-9(2)10(3)13(15)12(14)11-7-5-4-6-8-11/h4-10,12H,1-3H3. The highest BCUT2D eigenvalue weighted by atomic mass is 35.5. The second-order valence-electron chi connectivity index (χ2n) is 4.21. The van der Waals surface area contributed by atoms with Crippen LogP contribution in [0.15, 0.2) is 30.3 Å². The summed E-state index contributed by atoms with van der Waals surface area (Å²) in [4.78, 5) is 12.0. The van der Waals surface area contributed by atoms with E-state index < -0.39 is 5.38 Å². The highest BCUT2D eigenvalue weighted by molar-refractivity contribution is 6.31. The molecule has 0 radical (unpaired) electrons. The van der Waals surface area contributed by atoms with E-state index >= 15 is 0 Å². The molecular weight excluding hydrogens is 208 g/mol. The molecule has 2 heteroatoms. The maximum absolute atomic E-state index is 12.0. The van der Waals surface area contributed by atoms with Gasteiger partial charge in [-0.25, -0.2) is 0 Å². The van der Waals surface area contributed by atoms with Crippen LogP contribution >= 0.6 is 11.6 Å². The first kappa shape index (κ1) is 12.3. The summed E-state index contributed by atoms with van der Waals surface area (Å²) in [5, 5.41) is -0.511. The van der Waals surface area contributed by atoms with Crippen LogP contribution in [0.3, 0.4) is 0 Å². The third-order valence-corrected chi connectivity index (χ3v) is 3.26. The largest absolute Gasteiger partial charge is 0.297 e. The van der Waals surface area contributed by atoms with Crippen LogP contribution in [0, 0.1) is 11.8 Å². The van der Waals surface area contributed by atoms with Crippen molar-refractivity contribution in [3.05, 3.63) is 35.9 Å². The molecule has 0 saturated heterocycles. The summed E-state index contributed by atoms with van der Waals surface area (Å²) in [6.45, 7) is 6.01. The van der Waals surface area contributed by atoms with Gasteiger partial charge in [-0.05, 0) is 11.5 Å². The molecule has 82 valence electrons. The Bertz CT molecular complexity index is 319. The summed E-state index contributed by atoms with van der Waals surface area (Å²) >= 11 is 6.15. The number of hydrogen-bond donors (Lipinski definition) is 0. The quantitative estimate of drug-likeness (QED) is 0.711. The number of carbonyl (C=O) groups is 1. The highest BCUT2D eigenvalue weighted by Crippen LogP contribution is 2.27. The van der Waals surface area contributed by atoms with Gasteiger partial charge in [0.25, 0.3) is 0 Å². The first-order chi connectivity index (χ1) is 7.04. The molecule has 0 spiro atoms. The van der Waals surface area contributed by atoms with Crippen LogP contribution in [0.5, 0.6) is 0 Å². The summed E-state index contributed by atoms with van der Waals surface area (Å²) in [5.74, 6) is 0.452. The molecule has 0 fully saturated rings. The predicted molar refractivity (Wildman–Crippen MR) is 64.0 cm³/mol. The average molecular weight is 225 g/mol. The van der Waals surface area contributed by atoms with E-state index in [1.807, 2.05) is 51.1 Å². The summed E-state index contributed by atoms with van der Waals surface area (Å²) in [6, 6.07) is 9.50. The lowest BCUT2D eigenvalue weighted by atomic mass is 9.90. The monoisotopic (exact) mass is 224 g/mol. The van der Waals surface area contributed by atoms with E-state index in [0.29, 0.717) is 5.92 Å². The topological polar surface area (TPSA) is 17.1 Å². The molecule has 0 aliphatic heterocycles. The minimum absolute atomic E-state index is 0.00714. The summed E-state index contributed by atoms with van der Waals surface area (Å²) in [6.07, 6.45) is 0. The lowest BCUT2D eigenvalue weighted by Gasteiger charge is -2.17. The summed E-state index contributed by atoms with van der Waals surface area (Å²) in [5.41, 5.74) is 0.886. The molecule has 0 aliphatic rings. The Morgan fingerprint density at radius 1 is 1.13 bits per heavy atom. The van der Waals surface area contributed by atoms with Crippen LogP contribution in [-0.4, -0.2) is 5.78 Å². The van der Waals surface area contributed by atoms with E-state index in [1.165, 1.54) is 0 Å². The molecule has 1 aromatic carbocycles. The van der Waals surface area contributed by atoms with Crippen LogP contribution in [0.1, 0.15) is 31.7 Å². The van der Waals surface area contributed by atoms with Gasteiger partial charge in [0.05, 0.1) is 0 Å². The van der Waals surface area contributed by atoms with Crippen LogP contribution < -0.4 is 0 Å². The van der Waals surface area contributed by atoms with Crippen LogP contribution in [0.25, 0.3) is 0 Å². The Morgan fingerprint density at radius 2 is 1.67 bits per heavy atom. The lowest BCUT2D eigenvalue weighted by Crippen LogP contribution is -2.20. The van der Waals surface area contributed by atoms with Crippen molar-refractivity contribution in [2.75, 3.05) is 0 Å². The van der Waals surface area contributed by atoms with Gasteiger partial charge in [-0.2, -0.15) is 0 Å². The number of hydrogen-bond acceptors (Lipinski definition) is 1. The molecule has 1 nitrogen and oxygen atoms in total. The van der Waals surface area contributed by atoms with Crippen LogP contribution in [0.2, 0.25) is 0 Å². The molecule has 1 aromatic rings. The second kappa shape index (κ2) is 5.32. The van der Waals surface area contributed by atoms with E-state index in [9.17, 15) is 4.79 Å². The highest BCUT2D eigenvalue weighted by Gasteiger charge is 2.24. The number of halogens is 1. The van der Waals surface area contributed by atoms with E-state index in [0.717, 1.165) is 5.56 Å². The Labute approximate surface area is 96.5 Å². The lowest BCUT2D eigenvalue weighted by molar-refractivity contribution is -0.123. The van der Waals surface area contributed by atoms with Crippen LogP contribution in [0.4, 0.5) is 0 Å². The average Bonchev–Trinajstić information content (AvgIpc) is 2.27. The minimum Gasteiger partial charge on any atom is -0.297 e. The zero-order valence-corrected chi connectivity index (χ0v) is 10.2. The van der Waals surface area contributed by atoms with Gasteiger partial charge >= 0.3 is 0 Å². The molecule has 0 saturated carbocycles. The van der Waals surface area contributed by atoms with Crippen molar-refractivity contribution in [1.82, 2.24) is 0 Å². The molecule has 0 aliphatic carbocycles. The predicted octanol–water partition coefficient (Wildman–Crippen LogP) is 3.83. The van der Waals surface area contributed by atoms with Crippen molar-refractivity contribution in [3.8, 4) is 0 Å². The van der Waals surface area contributed by atoms with Crippen molar-refractivity contribution in [3.63, 3.8) is 0 Å². The molecule has 2 atom stereocenters. The Morgan fingerprint density at radius 3 is 2.13 bits per heavy atom. The second-order valence-corrected chi connectivity index (χ2v) is 4.64. The van der Waals surface area contributed by atoms with Crippen molar-refractivity contribution >= 4 is 17.4 Å². The van der Waals surface area contributed by atoms with Gasteiger partial charge in [0.15, 0.2) is 5.78 Å². The number of ketones is 1. The number of carbonyl (C=O) groups excluding carboxylic acids is 1. The molecule has 2 unspecified atom stereocenters. The van der Waals surface area contributed by atoms with E-state index in [4.69, 9.17) is 11.6 Å². The SMILES string of the molecule is CC(C)C(C)C(=O)C(Cl)c1ccccc1. The summed E-state index contributed by atoms with van der Waals surface area (Å²) < 4.78 is 0. The third kappa shape index (κ3) is 3.07. The van der Waals surface area contributed by atoms with Gasteiger partial charge in [-0.3, -0.25) is 4.79 Å². The normalized spacial score (nSPS) is 15.0. The summed E-state index contributed by atoms with van der Waals surface area (Å²) in [7, 11) is 0. The van der Waals surface area contributed by atoms with Gasteiger partial charge in [0.1, 0.15) is 5.38 Å². The molecule has 0 aromatic heterocycles. The van der Waals surface area contributed by atoms with Crippen molar-refractivity contribution in [2.45, 2.75) is 26.1 Å². The minimum atomic E-state index is -0.511. The number of benzene rings is 1.